The Kier molecular flexibility index (Phi) is 9.85. The normalized spacial score (nSPS) is 17.5. The third-order valence-corrected chi connectivity index (χ3v) is 9.38. The third kappa shape index (κ3) is 7.89. The van der Waals surface area contributed by atoms with E-state index in [1.54, 1.807) is 18.2 Å². The number of sulfonamides is 1. The van der Waals surface area contributed by atoms with Crippen LogP contribution in [0.2, 0.25) is 15.1 Å². The molecule has 0 atom stereocenters. The third-order valence-electron chi connectivity index (χ3n) is 6.49. The number of alkyl halides is 3. The number of piperidine rings is 1. The summed E-state index contributed by atoms with van der Waals surface area (Å²) >= 11 is 18.9. The van der Waals surface area contributed by atoms with E-state index in [1.807, 2.05) is 4.90 Å². The van der Waals surface area contributed by atoms with Gasteiger partial charge in [-0.15, -0.1) is 0 Å². The van der Waals surface area contributed by atoms with E-state index in [1.165, 1.54) is 16.4 Å². The van der Waals surface area contributed by atoms with Crippen molar-refractivity contribution in [3.63, 3.8) is 0 Å². The number of nitrogens with one attached hydrogen (secondary N) is 1. The van der Waals surface area contributed by atoms with Gasteiger partial charge in [0.2, 0.25) is 10.0 Å². The molecule has 0 bridgehead atoms. The summed E-state index contributed by atoms with van der Waals surface area (Å²) in [6, 6.07) is 7.77. The molecule has 2 aliphatic rings. The molecule has 16 heteroatoms. The minimum atomic E-state index is -5.04. The first-order valence-corrected chi connectivity index (χ1v) is 15.2. The monoisotopic (exact) mass is 657 g/mol. The van der Waals surface area contributed by atoms with Gasteiger partial charge in [-0.1, -0.05) is 34.8 Å². The van der Waals surface area contributed by atoms with Gasteiger partial charge in [0.1, 0.15) is 6.61 Å². The number of hydrogen-bond acceptors (Lipinski definition) is 7. The summed E-state index contributed by atoms with van der Waals surface area (Å²) in [6.07, 6.45) is -3.70. The minimum Gasteiger partial charge on any atom is -0.457 e. The van der Waals surface area contributed by atoms with Crippen molar-refractivity contribution in [2.24, 2.45) is 0 Å². The highest BCUT2D eigenvalue weighted by molar-refractivity contribution is 7.93. The van der Waals surface area contributed by atoms with E-state index in [9.17, 15) is 31.2 Å². The average Bonchev–Trinajstić information content (AvgIpc) is 3.26. The number of carbonyl (C=O) groups excluding carboxylic acids is 2. The van der Waals surface area contributed by atoms with Crippen LogP contribution >= 0.6 is 34.8 Å². The van der Waals surface area contributed by atoms with Gasteiger partial charge in [-0.05, 0) is 49.6 Å². The van der Waals surface area contributed by atoms with Gasteiger partial charge in [0.15, 0.2) is 0 Å². The molecule has 1 N–H and O–H groups in total. The van der Waals surface area contributed by atoms with Crippen LogP contribution in [0.4, 0.5) is 30.2 Å². The van der Waals surface area contributed by atoms with Crippen LogP contribution in [0.15, 0.2) is 30.3 Å². The van der Waals surface area contributed by atoms with E-state index in [4.69, 9.17) is 39.5 Å². The lowest BCUT2D eigenvalue weighted by molar-refractivity contribution is -0.201. The molecular formula is C25H25Cl3F3N3O6S. The summed E-state index contributed by atoms with van der Waals surface area (Å²) in [5, 5.41) is 3.10. The zero-order valence-corrected chi connectivity index (χ0v) is 24.4. The fourth-order valence-electron chi connectivity index (χ4n) is 4.55. The number of rotatable bonds is 8. The van der Waals surface area contributed by atoms with Crippen LogP contribution in [0, 0.1) is 0 Å². The fourth-order valence-corrected chi connectivity index (χ4v) is 6.74. The van der Waals surface area contributed by atoms with Gasteiger partial charge in [0.25, 0.3) is 5.91 Å². The lowest BCUT2D eigenvalue weighted by atomic mass is 10.1. The number of anilines is 3. The molecule has 224 valence electrons. The molecule has 2 aromatic rings. The Morgan fingerprint density at radius 3 is 2.32 bits per heavy atom. The standard InChI is InChI=1S/C25H25Cl3F3N3O6S/c26-15-10-16(32-23(35)20-13-18(14-21(27)22(20)28)34-4-1-9-41(34,37)38)12-17(11-15)33-5-2-19(3-6-33)39-7-8-40-24(36)25(29,30)31/h10-14,19H,1-9H2,(H,32,35). The summed E-state index contributed by atoms with van der Waals surface area (Å²) in [6.45, 7) is 0.689. The van der Waals surface area contributed by atoms with E-state index >= 15 is 0 Å². The van der Waals surface area contributed by atoms with E-state index in [0.29, 0.717) is 48.7 Å². The average molecular weight is 659 g/mol. The summed E-state index contributed by atoms with van der Waals surface area (Å²) in [5.41, 5.74) is 1.33. The van der Waals surface area contributed by atoms with Crippen molar-refractivity contribution in [1.29, 1.82) is 0 Å². The minimum absolute atomic E-state index is 0.000816. The van der Waals surface area contributed by atoms with Crippen molar-refractivity contribution < 1.29 is 40.7 Å². The van der Waals surface area contributed by atoms with Gasteiger partial charge in [-0.25, -0.2) is 13.2 Å². The van der Waals surface area contributed by atoms with E-state index in [-0.39, 0.29) is 46.3 Å². The zero-order chi connectivity index (χ0) is 29.9. The van der Waals surface area contributed by atoms with Gasteiger partial charge in [-0.3, -0.25) is 9.10 Å². The molecular weight excluding hydrogens is 634 g/mol. The molecule has 9 nitrogen and oxygen atoms in total. The summed E-state index contributed by atoms with van der Waals surface area (Å²) in [7, 11) is -3.51. The number of halogens is 6. The molecule has 2 heterocycles. The van der Waals surface area contributed by atoms with Crippen LogP contribution in [0.1, 0.15) is 29.6 Å². The molecule has 1 amide bonds. The highest BCUT2D eigenvalue weighted by Gasteiger charge is 2.40. The number of esters is 1. The predicted octanol–water partition coefficient (Wildman–Crippen LogP) is 5.53. The first-order valence-electron chi connectivity index (χ1n) is 12.5. The Morgan fingerprint density at radius 2 is 1.68 bits per heavy atom. The Balaban J connectivity index is 1.38. The number of amides is 1. The predicted molar refractivity (Wildman–Crippen MR) is 150 cm³/mol. The number of carbonyl (C=O) groups is 2. The first-order chi connectivity index (χ1) is 19.2. The smallest absolute Gasteiger partial charge is 0.457 e. The van der Waals surface area contributed by atoms with Crippen LogP contribution in [0.3, 0.4) is 0 Å². The lowest BCUT2D eigenvalue weighted by Gasteiger charge is -2.33. The van der Waals surface area contributed by atoms with Crippen molar-refractivity contribution in [1.82, 2.24) is 0 Å². The van der Waals surface area contributed by atoms with Crippen LogP contribution in [-0.4, -0.2) is 71.2 Å². The Hall–Kier alpha value is -2.45. The van der Waals surface area contributed by atoms with E-state index in [2.05, 4.69) is 10.1 Å². The molecule has 2 aromatic carbocycles. The second-order valence-corrected chi connectivity index (χ2v) is 12.6. The number of nitrogens with zero attached hydrogens (tertiary/aromatic N) is 2. The van der Waals surface area contributed by atoms with Crippen molar-refractivity contribution in [3.8, 4) is 0 Å². The van der Waals surface area contributed by atoms with Crippen LogP contribution in [-0.2, 0) is 24.3 Å². The quantitative estimate of drug-likeness (QED) is 0.294. The van der Waals surface area contributed by atoms with Crippen molar-refractivity contribution in [2.75, 3.05) is 53.1 Å². The largest absolute Gasteiger partial charge is 0.490 e. The lowest BCUT2D eigenvalue weighted by Crippen LogP contribution is -2.37. The Morgan fingerprint density at radius 1 is 0.976 bits per heavy atom. The number of ether oxygens (including phenoxy) is 2. The summed E-state index contributed by atoms with van der Waals surface area (Å²) in [4.78, 5) is 26.0. The molecule has 2 fully saturated rings. The topological polar surface area (TPSA) is 105 Å². The highest BCUT2D eigenvalue weighted by Crippen LogP contribution is 2.35. The Labute approximate surface area is 249 Å². The molecule has 0 aromatic heterocycles. The molecule has 0 aliphatic carbocycles. The maximum Gasteiger partial charge on any atom is 0.490 e. The fraction of sp³-hybridized carbons (Fsp3) is 0.440. The molecule has 0 spiro atoms. The Bertz CT molecular complexity index is 1420. The molecule has 0 radical (unpaired) electrons. The molecule has 2 aliphatic heterocycles. The SMILES string of the molecule is O=C(Nc1cc(Cl)cc(N2CCC(OCCOC(=O)C(F)(F)F)CC2)c1)c1cc(N2CCCS2(=O)=O)cc(Cl)c1Cl. The van der Waals surface area contributed by atoms with Crippen LogP contribution in [0.5, 0.6) is 0 Å². The maximum absolute atomic E-state index is 13.2. The molecule has 41 heavy (non-hydrogen) atoms. The van der Waals surface area contributed by atoms with E-state index < -0.39 is 34.7 Å². The van der Waals surface area contributed by atoms with Crippen LogP contribution < -0.4 is 14.5 Å². The number of hydrogen-bond donors (Lipinski definition) is 1. The number of benzene rings is 2. The van der Waals surface area contributed by atoms with Gasteiger partial charge in [0.05, 0.1) is 39.8 Å². The van der Waals surface area contributed by atoms with Gasteiger partial charge in [0, 0.05) is 36.0 Å². The van der Waals surface area contributed by atoms with Gasteiger partial charge in [-0.2, -0.15) is 13.2 Å². The zero-order valence-electron chi connectivity index (χ0n) is 21.3. The van der Waals surface area contributed by atoms with E-state index in [0.717, 1.165) is 0 Å². The molecule has 0 unspecified atom stereocenters. The second kappa shape index (κ2) is 12.8. The summed E-state index contributed by atoms with van der Waals surface area (Å²) < 4.78 is 72.2. The maximum atomic E-state index is 13.2. The van der Waals surface area contributed by atoms with Gasteiger partial charge >= 0.3 is 12.1 Å². The first kappa shape index (κ1) is 31.5. The molecule has 2 saturated heterocycles. The van der Waals surface area contributed by atoms with Crippen molar-refractivity contribution in [2.45, 2.75) is 31.5 Å². The second-order valence-electron chi connectivity index (χ2n) is 9.37. The van der Waals surface area contributed by atoms with Crippen molar-refractivity contribution >= 4 is 73.8 Å². The molecule has 4 rings (SSSR count). The highest BCUT2D eigenvalue weighted by atomic mass is 35.5. The summed E-state index contributed by atoms with van der Waals surface area (Å²) in [5.74, 6) is -2.86. The van der Waals surface area contributed by atoms with Crippen LogP contribution in [0.25, 0.3) is 0 Å². The van der Waals surface area contributed by atoms with Crippen molar-refractivity contribution in [3.05, 3.63) is 51.0 Å². The molecule has 0 saturated carbocycles. The van der Waals surface area contributed by atoms with Gasteiger partial charge < -0.3 is 19.7 Å².